The van der Waals surface area contributed by atoms with Gasteiger partial charge in [0.2, 0.25) is 0 Å². The van der Waals surface area contributed by atoms with Gasteiger partial charge in [-0.2, -0.15) is 0 Å². The largest absolute Gasteiger partial charge is 0.464 e. The van der Waals surface area contributed by atoms with Crippen LogP contribution in [0.2, 0.25) is 0 Å². The Morgan fingerprint density at radius 2 is 0.977 bits per heavy atom. The lowest BCUT2D eigenvalue weighted by molar-refractivity contribution is 0.618. The molecule has 0 fully saturated rings. The van der Waals surface area contributed by atoms with Gasteiger partial charge >= 0.3 is 0 Å². The lowest BCUT2D eigenvalue weighted by atomic mass is 9.85. The fraction of sp³-hybridized carbons (Fsp3) is 0. The zero-order valence-electron chi connectivity index (χ0n) is 22.9. The number of hydrogen-bond acceptors (Lipinski definition) is 3. The van der Waals surface area contributed by atoms with E-state index in [0.717, 1.165) is 71.5 Å². The predicted octanol–water partition coefficient (Wildman–Crippen LogP) is 11.9. The van der Waals surface area contributed by atoms with Crippen LogP contribution in [0.3, 0.4) is 0 Å². The molecule has 0 saturated heterocycles. The van der Waals surface area contributed by atoms with Crippen molar-refractivity contribution in [3.63, 3.8) is 0 Å². The SMILES string of the molecule is c1ccc2c(c1)oc1cc(-c3c4ccccc4c(-c4cc5ccoc5c5c4oc4ccccc45)c4ccccc34)ccc12. The van der Waals surface area contributed by atoms with Crippen LogP contribution in [-0.2, 0) is 0 Å². The number of benzene rings is 7. The minimum absolute atomic E-state index is 0.843. The Morgan fingerprint density at radius 1 is 0.395 bits per heavy atom. The Kier molecular flexibility index (Phi) is 4.45. The van der Waals surface area contributed by atoms with Gasteiger partial charge in [-0.3, -0.25) is 0 Å². The molecule has 7 aromatic carbocycles. The van der Waals surface area contributed by atoms with Gasteiger partial charge in [0, 0.05) is 32.7 Å². The summed E-state index contributed by atoms with van der Waals surface area (Å²) >= 11 is 0. The van der Waals surface area contributed by atoms with Crippen molar-refractivity contribution in [2.75, 3.05) is 0 Å². The molecule has 10 aromatic rings. The fourth-order valence-corrected chi connectivity index (χ4v) is 7.11. The van der Waals surface area contributed by atoms with Gasteiger partial charge in [0.15, 0.2) is 0 Å². The molecule has 0 saturated carbocycles. The van der Waals surface area contributed by atoms with Crippen molar-refractivity contribution in [3.05, 3.63) is 134 Å². The number of hydrogen-bond donors (Lipinski definition) is 0. The number of rotatable bonds is 2. The van der Waals surface area contributed by atoms with Crippen molar-refractivity contribution in [1.29, 1.82) is 0 Å². The smallest absolute Gasteiger partial charge is 0.147 e. The molecule has 0 spiro atoms. The number of fused-ring (bicyclic) bond motifs is 10. The normalized spacial score (nSPS) is 12.2. The molecule has 0 bridgehead atoms. The molecular weight excluding hydrogens is 528 g/mol. The van der Waals surface area contributed by atoms with Crippen molar-refractivity contribution in [3.8, 4) is 22.3 Å². The lowest BCUT2D eigenvalue weighted by Crippen LogP contribution is -1.91. The van der Waals surface area contributed by atoms with Gasteiger partial charge in [-0.25, -0.2) is 0 Å². The summed E-state index contributed by atoms with van der Waals surface area (Å²) in [5.74, 6) is 0. The monoisotopic (exact) mass is 550 g/mol. The van der Waals surface area contributed by atoms with Crippen LogP contribution in [0.15, 0.2) is 147 Å². The maximum absolute atomic E-state index is 6.63. The highest BCUT2D eigenvalue weighted by atomic mass is 16.3. The van der Waals surface area contributed by atoms with E-state index in [4.69, 9.17) is 13.3 Å². The van der Waals surface area contributed by atoms with E-state index < -0.39 is 0 Å². The summed E-state index contributed by atoms with van der Waals surface area (Å²) in [5.41, 5.74) is 8.90. The molecule has 0 atom stereocenters. The van der Waals surface area contributed by atoms with Crippen LogP contribution in [0, 0.1) is 0 Å². The molecule has 0 unspecified atom stereocenters. The fourth-order valence-electron chi connectivity index (χ4n) is 7.11. The third kappa shape index (κ3) is 3.08. The second-order valence-corrected chi connectivity index (χ2v) is 11.2. The molecule has 200 valence electrons. The first-order valence-electron chi connectivity index (χ1n) is 14.5. The van der Waals surface area contributed by atoms with E-state index in [-0.39, 0.29) is 0 Å². The lowest BCUT2D eigenvalue weighted by Gasteiger charge is -2.18. The minimum atomic E-state index is 0.843. The highest BCUT2D eigenvalue weighted by molar-refractivity contribution is 6.27. The molecule has 3 heteroatoms. The molecule has 0 aliphatic heterocycles. The summed E-state index contributed by atoms with van der Waals surface area (Å²) in [5, 5.41) is 10.1. The van der Waals surface area contributed by atoms with Crippen LogP contribution < -0.4 is 0 Å². The number of furan rings is 3. The van der Waals surface area contributed by atoms with E-state index in [0.29, 0.717) is 0 Å². The molecule has 3 nitrogen and oxygen atoms in total. The molecule has 0 N–H and O–H groups in total. The Hall–Kier alpha value is -5.80. The highest BCUT2D eigenvalue weighted by Crippen LogP contribution is 2.48. The molecular formula is C40H22O3. The van der Waals surface area contributed by atoms with E-state index in [1.807, 2.05) is 30.3 Å². The zero-order chi connectivity index (χ0) is 28.1. The minimum Gasteiger partial charge on any atom is -0.464 e. The first kappa shape index (κ1) is 22.8. The summed E-state index contributed by atoms with van der Waals surface area (Å²) in [4.78, 5) is 0. The Bertz CT molecular complexity index is 2680. The Labute approximate surface area is 245 Å². The molecule has 3 heterocycles. The van der Waals surface area contributed by atoms with E-state index in [1.165, 1.54) is 27.1 Å². The van der Waals surface area contributed by atoms with Gasteiger partial charge in [0.05, 0.1) is 11.6 Å². The quantitative estimate of drug-likeness (QED) is 0.201. The van der Waals surface area contributed by atoms with Gasteiger partial charge in [-0.1, -0.05) is 91.0 Å². The summed E-state index contributed by atoms with van der Waals surface area (Å²) in [7, 11) is 0. The van der Waals surface area contributed by atoms with Gasteiger partial charge in [-0.05, 0) is 69.1 Å². The zero-order valence-corrected chi connectivity index (χ0v) is 22.9. The van der Waals surface area contributed by atoms with Crippen molar-refractivity contribution < 1.29 is 13.3 Å². The van der Waals surface area contributed by atoms with Crippen molar-refractivity contribution in [1.82, 2.24) is 0 Å². The summed E-state index contributed by atoms with van der Waals surface area (Å²) in [6.45, 7) is 0. The summed E-state index contributed by atoms with van der Waals surface area (Å²) < 4.78 is 19.0. The first-order valence-corrected chi connectivity index (χ1v) is 14.5. The van der Waals surface area contributed by atoms with Gasteiger partial charge in [-0.15, -0.1) is 0 Å². The van der Waals surface area contributed by atoms with Crippen molar-refractivity contribution in [2.45, 2.75) is 0 Å². The molecule has 3 aromatic heterocycles. The average Bonchev–Trinajstić information content (AvgIpc) is 3.78. The van der Waals surface area contributed by atoms with Crippen LogP contribution in [0.1, 0.15) is 0 Å². The maximum atomic E-state index is 6.63. The van der Waals surface area contributed by atoms with Crippen LogP contribution in [0.5, 0.6) is 0 Å². The average molecular weight is 551 g/mol. The molecule has 0 aliphatic rings. The van der Waals surface area contributed by atoms with Gasteiger partial charge < -0.3 is 13.3 Å². The first-order chi connectivity index (χ1) is 21.3. The maximum Gasteiger partial charge on any atom is 0.147 e. The highest BCUT2D eigenvalue weighted by Gasteiger charge is 2.23. The van der Waals surface area contributed by atoms with Crippen LogP contribution in [0.4, 0.5) is 0 Å². The topological polar surface area (TPSA) is 39.4 Å². The third-order valence-corrected chi connectivity index (χ3v) is 8.93. The van der Waals surface area contributed by atoms with E-state index >= 15 is 0 Å². The van der Waals surface area contributed by atoms with Gasteiger partial charge in [0.25, 0.3) is 0 Å². The van der Waals surface area contributed by atoms with E-state index in [2.05, 4.69) is 97.1 Å². The Balaban J connectivity index is 1.35. The van der Waals surface area contributed by atoms with Crippen LogP contribution >= 0.6 is 0 Å². The second kappa shape index (κ2) is 8.37. The van der Waals surface area contributed by atoms with Crippen LogP contribution in [-0.4, -0.2) is 0 Å². The third-order valence-electron chi connectivity index (χ3n) is 8.93. The molecule has 0 amide bonds. The van der Waals surface area contributed by atoms with Crippen molar-refractivity contribution in [2.24, 2.45) is 0 Å². The standard InChI is InChI=1S/C40H22O3/c1-3-12-29-27(10-1)36(23-17-18-26-25-9-5-7-15-33(25)42-35(26)22-23)28-11-2-4-13-30(28)37(29)32-21-24-19-20-41-39(24)38-31-14-6-8-16-34(31)43-40(32)38/h1-22H. The summed E-state index contributed by atoms with van der Waals surface area (Å²) in [6, 6.07) is 44.7. The van der Waals surface area contributed by atoms with E-state index in [1.54, 1.807) is 6.26 Å². The summed E-state index contributed by atoms with van der Waals surface area (Å²) in [6.07, 6.45) is 1.77. The predicted molar refractivity (Wildman–Crippen MR) is 177 cm³/mol. The Morgan fingerprint density at radius 3 is 1.70 bits per heavy atom. The molecule has 0 radical (unpaired) electrons. The molecule has 0 aliphatic carbocycles. The molecule has 10 rings (SSSR count). The molecule has 43 heavy (non-hydrogen) atoms. The second-order valence-electron chi connectivity index (χ2n) is 11.2. The van der Waals surface area contributed by atoms with Crippen molar-refractivity contribution >= 4 is 76.4 Å². The van der Waals surface area contributed by atoms with E-state index in [9.17, 15) is 0 Å². The van der Waals surface area contributed by atoms with Gasteiger partial charge in [0.1, 0.15) is 27.9 Å². The number of para-hydroxylation sites is 2. The van der Waals surface area contributed by atoms with Crippen LogP contribution in [0.25, 0.3) is 98.6 Å².